The van der Waals surface area contributed by atoms with Gasteiger partial charge in [-0.2, -0.15) is 0 Å². The molecule has 0 amide bonds. The number of para-hydroxylation sites is 1. The van der Waals surface area contributed by atoms with E-state index in [1.54, 1.807) is 10.9 Å². The average molecular weight is 348 g/mol. The SMILES string of the molecule is CCOc1ccc(-c2csc3ncn(-c4ccccc4)c(=O)c23)cc1. The van der Waals surface area contributed by atoms with Crippen molar-refractivity contribution in [2.75, 3.05) is 6.61 Å². The van der Waals surface area contributed by atoms with Gasteiger partial charge in [0.1, 0.15) is 16.9 Å². The number of fused-ring (bicyclic) bond motifs is 1. The molecule has 5 heteroatoms. The zero-order valence-electron chi connectivity index (χ0n) is 13.7. The van der Waals surface area contributed by atoms with Gasteiger partial charge < -0.3 is 4.74 Å². The molecule has 0 bridgehead atoms. The van der Waals surface area contributed by atoms with Crippen molar-refractivity contribution in [1.82, 2.24) is 9.55 Å². The smallest absolute Gasteiger partial charge is 0.267 e. The van der Waals surface area contributed by atoms with Crippen molar-refractivity contribution < 1.29 is 4.74 Å². The van der Waals surface area contributed by atoms with Crippen molar-refractivity contribution in [3.05, 3.63) is 76.7 Å². The summed E-state index contributed by atoms with van der Waals surface area (Å²) in [5.74, 6) is 0.825. The number of aromatic nitrogens is 2. The van der Waals surface area contributed by atoms with E-state index in [4.69, 9.17) is 4.74 Å². The number of thiophene rings is 1. The molecule has 0 N–H and O–H groups in total. The molecule has 2 aromatic heterocycles. The molecular weight excluding hydrogens is 332 g/mol. The summed E-state index contributed by atoms with van der Waals surface area (Å²) in [4.78, 5) is 18.3. The highest BCUT2D eigenvalue weighted by molar-refractivity contribution is 7.17. The molecule has 4 nitrogen and oxygen atoms in total. The Morgan fingerprint density at radius 3 is 2.56 bits per heavy atom. The molecule has 2 aromatic carbocycles. The standard InChI is InChI=1S/C20H16N2O2S/c1-2-24-16-10-8-14(9-11-16)17-12-25-19-18(17)20(23)22(13-21-19)15-6-4-3-5-7-15/h3-13H,2H2,1H3. The van der Waals surface area contributed by atoms with E-state index in [1.807, 2.05) is 66.9 Å². The van der Waals surface area contributed by atoms with Crippen LogP contribution in [0.4, 0.5) is 0 Å². The Bertz CT molecular complexity index is 1070. The van der Waals surface area contributed by atoms with Crippen LogP contribution in [0.15, 0.2) is 71.1 Å². The second-order valence-electron chi connectivity index (χ2n) is 5.54. The highest BCUT2D eigenvalue weighted by atomic mass is 32.1. The van der Waals surface area contributed by atoms with Gasteiger partial charge in [-0.1, -0.05) is 30.3 Å². The van der Waals surface area contributed by atoms with Crippen LogP contribution in [0.1, 0.15) is 6.92 Å². The molecule has 124 valence electrons. The zero-order valence-corrected chi connectivity index (χ0v) is 14.5. The van der Waals surface area contributed by atoms with Gasteiger partial charge in [-0.15, -0.1) is 11.3 Å². The number of hydrogen-bond acceptors (Lipinski definition) is 4. The van der Waals surface area contributed by atoms with Crippen LogP contribution < -0.4 is 10.3 Å². The van der Waals surface area contributed by atoms with E-state index < -0.39 is 0 Å². The predicted octanol–water partition coefficient (Wildman–Crippen LogP) is 4.51. The van der Waals surface area contributed by atoms with Crippen LogP contribution in [0.5, 0.6) is 5.75 Å². The van der Waals surface area contributed by atoms with Gasteiger partial charge in [-0.05, 0) is 36.8 Å². The summed E-state index contributed by atoms with van der Waals surface area (Å²) in [6, 6.07) is 17.4. The lowest BCUT2D eigenvalue weighted by Crippen LogP contribution is -2.18. The highest BCUT2D eigenvalue weighted by Gasteiger charge is 2.14. The molecule has 0 unspecified atom stereocenters. The number of rotatable bonds is 4. The average Bonchev–Trinajstić information content (AvgIpc) is 3.09. The Morgan fingerprint density at radius 2 is 1.84 bits per heavy atom. The van der Waals surface area contributed by atoms with Crippen LogP contribution in [0.3, 0.4) is 0 Å². The van der Waals surface area contributed by atoms with E-state index in [0.29, 0.717) is 12.0 Å². The molecule has 0 atom stereocenters. The molecule has 0 fully saturated rings. The molecule has 0 aliphatic carbocycles. The minimum atomic E-state index is -0.0543. The molecule has 0 saturated carbocycles. The molecule has 0 spiro atoms. The summed E-state index contributed by atoms with van der Waals surface area (Å²) >= 11 is 1.49. The molecule has 0 saturated heterocycles. The summed E-state index contributed by atoms with van der Waals surface area (Å²) in [6.07, 6.45) is 1.60. The fourth-order valence-corrected chi connectivity index (χ4v) is 3.72. The summed E-state index contributed by atoms with van der Waals surface area (Å²) < 4.78 is 7.08. The van der Waals surface area contributed by atoms with Crippen LogP contribution in [0.25, 0.3) is 27.0 Å². The largest absolute Gasteiger partial charge is 0.494 e. The van der Waals surface area contributed by atoms with Crippen LogP contribution in [0.2, 0.25) is 0 Å². The van der Waals surface area contributed by atoms with Gasteiger partial charge in [0.05, 0.1) is 17.7 Å². The molecule has 4 rings (SSSR count). The second kappa shape index (κ2) is 6.53. The summed E-state index contributed by atoms with van der Waals surface area (Å²) in [7, 11) is 0. The van der Waals surface area contributed by atoms with E-state index >= 15 is 0 Å². The topological polar surface area (TPSA) is 44.1 Å². The normalized spacial score (nSPS) is 10.9. The fraction of sp³-hybridized carbons (Fsp3) is 0.100. The lowest BCUT2D eigenvalue weighted by molar-refractivity contribution is 0.340. The van der Waals surface area contributed by atoms with Gasteiger partial charge in [-0.3, -0.25) is 9.36 Å². The van der Waals surface area contributed by atoms with Crippen molar-refractivity contribution in [2.45, 2.75) is 6.92 Å². The van der Waals surface area contributed by atoms with Crippen LogP contribution in [-0.4, -0.2) is 16.2 Å². The van der Waals surface area contributed by atoms with Gasteiger partial charge in [0.2, 0.25) is 0 Å². The molecule has 25 heavy (non-hydrogen) atoms. The lowest BCUT2D eigenvalue weighted by atomic mass is 10.1. The van der Waals surface area contributed by atoms with Crippen LogP contribution in [0, 0.1) is 0 Å². The Balaban J connectivity index is 1.87. The number of hydrogen-bond donors (Lipinski definition) is 0. The quantitative estimate of drug-likeness (QED) is 0.545. The number of ether oxygens (including phenoxy) is 1. The van der Waals surface area contributed by atoms with E-state index in [9.17, 15) is 4.79 Å². The Morgan fingerprint density at radius 1 is 1.08 bits per heavy atom. The first-order valence-corrected chi connectivity index (χ1v) is 8.93. The third-order valence-electron chi connectivity index (χ3n) is 4.01. The van der Waals surface area contributed by atoms with Gasteiger partial charge in [-0.25, -0.2) is 4.98 Å². The van der Waals surface area contributed by atoms with Crippen LogP contribution in [-0.2, 0) is 0 Å². The minimum absolute atomic E-state index is 0.0543. The summed E-state index contributed by atoms with van der Waals surface area (Å²) in [5.41, 5.74) is 2.65. The van der Waals surface area contributed by atoms with Gasteiger partial charge in [0.25, 0.3) is 5.56 Å². The molecule has 0 aliphatic rings. The lowest BCUT2D eigenvalue weighted by Gasteiger charge is -2.07. The van der Waals surface area contributed by atoms with Crippen molar-refractivity contribution in [3.63, 3.8) is 0 Å². The third kappa shape index (κ3) is 2.83. The van der Waals surface area contributed by atoms with Crippen molar-refractivity contribution in [1.29, 1.82) is 0 Å². The first-order valence-electron chi connectivity index (χ1n) is 8.05. The Hall–Kier alpha value is -2.92. The molecule has 2 heterocycles. The van der Waals surface area contributed by atoms with E-state index in [-0.39, 0.29) is 5.56 Å². The van der Waals surface area contributed by atoms with Gasteiger partial charge >= 0.3 is 0 Å². The fourth-order valence-electron chi connectivity index (χ4n) is 2.81. The first kappa shape index (κ1) is 15.6. The van der Waals surface area contributed by atoms with Crippen molar-refractivity contribution in [3.8, 4) is 22.6 Å². The summed E-state index contributed by atoms with van der Waals surface area (Å²) in [6.45, 7) is 2.59. The number of benzene rings is 2. The zero-order chi connectivity index (χ0) is 17.2. The minimum Gasteiger partial charge on any atom is -0.494 e. The predicted molar refractivity (Wildman–Crippen MR) is 102 cm³/mol. The monoisotopic (exact) mass is 348 g/mol. The molecule has 4 aromatic rings. The third-order valence-corrected chi connectivity index (χ3v) is 4.89. The maximum absolute atomic E-state index is 13.1. The van der Waals surface area contributed by atoms with E-state index in [2.05, 4.69) is 4.98 Å². The van der Waals surface area contributed by atoms with E-state index in [1.165, 1.54) is 11.3 Å². The van der Waals surface area contributed by atoms with E-state index in [0.717, 1.165) is 27.4 Å². The molecule has 0 aliphatic heterocycles. The highest BCUT2D eigenvalue weighted by Crippen LogP contribution is 2.31. The van der Waals surface area contributed by atoms with Crippen molar-refractivity contribution >= 4 is 21.6 Å². The van der Waals surface area contributed by atoms with Gasteiger partial charge in [0.15, 0.2) is 0 Å². The molecule has 0 radical (unpaired) electrons. The maximum Gasteiger partial charge on any atom is 0.267 e. The van der Waals surface area contributed by atoms with Crippen LogP contribution >= 0.6 is 11.3 Å². The Kier molecular flexibility index (Phi) is 4.07. The first-order chi connectivity index (χ1) is 12.3. The summed E-state index contributed by atoms with van der Waals surface area (Å²) in [5, 5.41) is 2.64. The maximum atomic E-state index is 13.1. The number of nitrogens with zero attached hydrogens (tertiary/aromatic N) is 2. The Labute approximate surface area is 149 Å². The molecular formula is C20H16N2O2S. The second-order valence-corrected chi connectivity index (χ2v) is 6.40. The van der Waals surface area contributed by atoms with Gasteiger partial charge in [0, 0.05) is 10.9 Å². The van der Waals surface area contributed by atoms with Crippen molar-refractivity contribution in [2.24, 2.45) is 0 Å².